The van der Waals surface area contributed by atoms with Gasteiger partial charge in [-0.2, -0.15) is 0 Å². The first-order valence-electron chi connectivity index (χ1n) is 8.01. The van der Waals surface area contributed by atoms with Crippen LogP contribution in [0.25, 0.3) is 0 Å². The first-order chi connectivity index (χ1) is 10.0. The number of piperidine rings is 1. The van der Waals surface area contributed by atoms with E-state index in [0.717, 1.165) is 19.5 Å². The number of anilines is 1. The number of rotatable bonds is 4. The Labute approximate surface area is 125 Å². The zero-order valence-corrected chi connectivity index (χ0v) is 12.8. The highest BCUT2D eigenvalue weighted by Gasteiger charge is 2.27. The van der Waals surface area contributed by atoms with E-state index in [1.165, 1.54) is 25.0 Å². The minimum Gasteiger partial charge on any atom is -0.367 e. The Hall–Kier alpha value is -1.16. The van der Waals surface area contributed by atoms with Gasteiger partial charge >= 0.3 is 0 Å². The third-order valence-corrected chi connectivity index (χ3v) is 4.90. The lowest BCUT2D eigenvalue weighted by molar-refractivity contribution is 0.320. The Morgan fingerprint density at radius 1 is 1.10 bits per heavy atom. The minimum atomic E-state index is -0.427. The van der Waals surface area contributed by atoms with Crippen LogP contribution in [0.15, 0.2) is 12.1 Å². The van der Waals surface area contributed by atoms with Crippen LogP contribution in [0, 0.1) is 23.5 Å². The molecular formula is C17H24F2N2. The summed E-state index contributed by atoms with van der Waals surface area (Å²) in [6.07, 6.45) is 3.34. The van der Waals surface area contributed by atoms with Crippen LogP contribution in [0.2, 0.25) is 0 Å². The van der Waals surface area contributed by atoms with Gasteiger partial charge in [0, 0.05) is 25.7 Å². The van der Waals surface area contributed by atoms with Crippen molar-refractivity contribution >= 4 is 5.69 Å². The second-order valence-electron chi connectivity index (χ2n) is 6.75. The van der Waals surface area contributed by atoms with Crippen LogP contribution in [-0.4, -0.2) is 19.1 Å². The highest BCUT2D eigenvalue weighted by molar-refractivity contribution is 5.51. The van der Waals surface area contributed by atoms with E-state index in [9.17, 15) is 8.78 Å². The van der Waals surface area contributed by atoms with E-state index in [0.29, 0.717) is 30.0 Å². The number of nitrogens with zero attached hydrogens (tertiary/aromatic N) is 1. The third-order valence-electron chi connectivity index (χ3n) is 4.90. The highest BCUT2D eigenvalue weighted by atomic mass is 19.1. The van der Waals surface area contributed by atoms with E-state index < -0.39 is 11.6 Å². The molecule has 1 aromatic carbocycles. The molecule has 0 radical (unpaired) electrons. The molecule has 0 spiro atoms. The fourth-order valence-corrected chi connectivity index (χ4v) is 3.04. The fourth-order valence-electron chi connectivity index (χ4n) is 3.04. The van der Waals surface area contributed by atoms with Crippen LogP contribution in [0.4, 0.5) is 14.5 Å². The second kappa shape index (κ2) is 5.91. The molecule has 1 saturated heterocycles. The Kier molecular flexibility index (Phi) is 4.16. The van der Waals surface area contributed by atoms with E-state index in [1.807, 2.05) is 4.90 Å². The lowest BCUT2D eigenvalue weighted by Gasteiger charge is -2.37. The molecular weight excluding hydrogens is 270 g/mol. The van der Waals surface area contributed by atoms with Gasteiger partial charge in [0.15, 0.2) is 0 Å². The van der Waals surface area contributed by atoms with Gasteiger partial charge in [-0.3, -0.25) is 0 Å². The molecule has 1 aliphatic carbocycles. The molecule has 0 aromatic heterocycles. The average molecular weight is 294 g/mol. The maximum absolute atomic E-state index is 14.4. The molecule has 1 N–H and O–H groups in total. The Balaban J connectivity index is 1.75. The summed E-state index contributed by atoms with van der Waals surface area (Å²) in [7, 11) is 0. The van der Waals surface area contributed by atoms with Gasteiger partial charge in [0.05, 0.1) is 0 Å². The number of halogens is 2. The Morgan fingerprint density at radius 3 is 2.33 bits per heavy atom. The first kappa shape index (κ1) is 14.8. The normalized spacial score (nSPS) is 26.2. The number of benzene rings is 1. The molecule has 0 amide bonds. The quantitative estimate of drug-likeness (QED) is 0.911. The summed E-state index contributed by atoms with van der Waals surface area (Å²) in [6.45, 7) is 6.38. The highest BCUT2D eigenvalue weighted by Crippen LogP contribution is 2.31. The van der Waals surface area contributed by atoms with Crippen LogP contribution >= 0.6 is 0 Å². The minimum absolute atomic E-state index is 0.156. The molecule has 2 aliphatic rings. The zero-order valence-electron chi connectivity index (χ0n) is 12.8. The third kappa shape index (κ3) is 3.37. The topological polar surface area (TPSA) is 15.3 Å². The number of hydrogen-bond acceptors (Lipinski definition) is 2. The van der Waals surface area contributed by atoms with Crippen molar-refractivity contribution in [2.24, 2.45) is 11.8 Å². The fraction of sp³-hybridized carbons (Fsp3) is 0.647. The predicted molar refractivity (Wildman–Crippen MR) is 81.4 cm³/mol. The van der Waals surface area contributed by atoms with Gasteiger partial charge in [0.25, 0.3) is 0 Å². The van der Waals surface area contributed by atoms with E-state index in [-0.39, 0.29) is 5.69 Å². The molecule has 2 fully saturated rings. The summed E-state index contributed by atoms with van der Waals surface area (Å²) < 4.78 is 28.7. The molecule has 1 saturated carbocycles. The van der Waals surface area contributed by atoms with Crippen molar-refractivity contribution in [2.45, 2.75) is 45.7 Å². The van der Waals surface area contributed by atoms with Gasteiger partial charge in [-0.25, -0.2) is 8.78 Å². The molecule has 1 aromatic rings. The van der Waals surface area contributed by atoms with Gasteiger partial charge in [-0.05, 0) is 48.8 Å². The summed E-state index contributed by atoms with van der Waals surface area (Å²) in [5.74, 6) is 0.233. The lowest BCUT2D eigenvalue weighted by atomic mass is 9.88. The molecule has 116 valence electrons. The summed E-state index contributed by atoms with van der Waals surface area (Å²) in [5.41, 5.74) is 0.850. The summed E-state index contributed by atoms with van der Waals surface area (Å²) in [5, 5.41) is 3.29. The number of hydrogen-bond donors (Lipinski definition) is 1. The molecule has 3 rings (SSSR count). The first-order valence-corrected chi connectivity index (χ1v) is 8.01. The predicted octanol–water partition coefficient (Wildman–Crippen LogP) is 3.70. The van der Waals surface area contributed by atoms with Crippen molar-refractivity contribution < 1.29 is 8.78 Å². The van der Waals surface area contributed by atoms with Gasteiger partial charge in [-0.15, -0.1) is 0 Å². The number of nitrogens with one attached hydrogen (secondary N) is 1. The summed E-state index contributed by atoms with van der Waals surface area (Å²) in [6, 6.07) is 3.51. The van der Waals surface area contributed by atoms with Crippen molar-refractivity contribution in [1.29, 1.82) is 0 Å². The molecule has 21 heavy (non-hydrogen) atoms. The largest absolute Gasteiger partial charge is 0.367 e. The summed E-state index contributed by atoms with van der Waals surface area (Å²) in [4.78, 5) is 1.87. The van der Waals surface area contributed by atoms with Crippen LogP contribution in [-0.2, 0) is 6.54 Å². The van der Waals surface area contributed by atoms with Crippen molar-refractivity contribution in [3.8, 4) is 0 Å². The average Bonchev–Trinajstić information content (AvgIpc) is 3.24. The Bertz CT molecular complexity index is 491. The molecule has 1 heterocycles. The monoisotopic (exact) mass is 294 g/mol. The Morgan fingerprint density at radius 2 is 1.76 bits per heavy atom. The van der Waals surface area contributed by atoms with Gasteiger partial charge in [0.1, 0.15) is 17.3 Å². The smallest absolute Gasteiger partial charge is 0.149 e. The van der Waals surface area contributed by atoms with Crippen molar-refractivity contribution in [1.82, 2.24) is 5.32 Å². The van der Waals surface area contributed by atoms with Gasteiger partial charge < -0.3 is 10.2 Å². The summed E-state index contributed by atoms with van der Waals surface area (Å²) >= 11 is 0. The molecule has 1 aliphatic heterocycles. The molecule has 2 unspecified atom stereocenters. The SMILES string of the molecule is CC1CCN(c2c(F)cc(CNC3CC3)cc2F)CC1C. The van der Waals surface area contributed by atoms with E-state index >= 15 is 0 Å². The van der Waals surface area contributed by atoms with E-state index in [1.54, 1.807) is 0 Å². The van der Waals surface area contributed by atoms with Crippen LogP contribution in [0.5, 0.6) is 0 Å². The molecule has 4 heteroatoms. The maximum Gasteiger partial charge on any atom is 0.149 e. The second-order valence-corrected chi connectivity index (χ2v) is 6.75. The standard InChI is InChI=1S/C17H24F2N2/c1-11-5-6-21(10-12(11)2)17-15(18)7-13(8-16(17)19)9-20-14-3-4-14/h7-8,11-12,14,20H,3-6,9-10H2,1-2H3. The molecule has 2 atom stereocenters. The maximum atomic E-state index is 14.4. The van der Waals surface area contributed by atoms with Crippen molar-refractivity contribution in [3.63, 3.8) is 0 Å². The van der Waals surface area contributed by atoms with E-state index in [4.69, 9.17) is 0 Å². The molecule has 2 nitrogen and oxygen atoms in total. The van der Waals surface area contributed by atoms with Crippen LogP contribution in [0.3, 0.4) is 0 Å². The van der Waals surface area contributed by atoms with Crippen molar-refractivity contribution in [3.05, 3.63) is 29.3 Å². The van der Waals surface area contributed by atoms with Crippen LogP contribution < -0.4 is 10.2 Å². The van der Waals surface area contributed by atoms with Crippen LogP contribution in [0.1, 0.15) is 38.7 Å². The molecule has 0 bridgehead atoms. The lowest BCUT2D eigenvalue weighted by Crippen LogP contribution is -2.39. The van der Waals surface area contributed by atoms with Crippen molar-refractivity contribution in [2.75, 3.05) is 18.0 Å². The zero-order chi connectivity index (χ0) is 15.0. The van der Waals surface area contributed by atoms with Gasteiger partial charge in [0.2, 0.25) is 0 Å². The van der Waals surface area contributed by atoms with E-state index in [2.05, 4.69) is 19.2 Å². The van der Waals surface area contributed by atoms with Gasteiger partial charge in [-0.1, -0.05) is 13.8 Å².